The molecule has 1 atom stereocenters. The topological polar surface area (TPSA) is 84.7 Å². The van der Waals surface area contributed by atoms with Gasteiger partial charge >= 0.3 is 0 Å². The van der Waals surface area contributed by atoms with E-state index in [1.54, 1.807) is 29.6 Å². The smallest absolute Gasteiger partial charge is 0.237 e. The molecule has 2 N–H and O–H groups in total. The number of carbonyl (C=O) groups excluding carboxylic acids is 1. The van der Waals surface area contributed by atoms with Crippen molar-refractivity contribution in [3.8, 4) is 0 Å². The van der Waals surface area contributed by atoms with Crippen molar-refractivity contribution in [2.75, 3.05) is 11.9 Å². The Hall–Kier alpha value is -1.54. The first-order valence-corrected chi connectivity index (χ1v) is 9.68. The number of aromatic nitrogens is 4. The predicted octanol–water partition coefficient (Wildman–Crippen LogP) is 2.89. The first-order valence-electron chi connectivity index (χ1n) is 8.36. The van der Waals surface area contributed by atoms with Crippen LogP contribution >= 0.6 is 23.4 Å². The van der Waals surface area contributed by atoms with Crippen LogP contribution in [0.1, 0.15) is 34.6 Å². The van der Waals surface area contributed by atoms with Crippen molar-refractivity contribution < 1.29 is 4.79 Å². The van der Waals surface area contributed by atoms with Crippen LogP contribution in [0.15, 0.2) is 11.4 Å². The third-order valence-electron chi connectivity index (χ3n) is 3.23. The van der Waals surface area contributed by atoms with E-state index in [0.717, 1.165) is 16.9 Å². The Morgan fingerprint density at radius 3 is 2.60 bits per heavy atom. The molecule has 25 heavy (non-hydrogen) atoms. The minimum atomic E-state index is -0.549. The van der Waals surface area contributed by atoms with E-state index in [-0.39, 0.29) is 11.9 Å². The van der Waals surface area contributed by atoms with Gasteiger partial charge in [-0.1, -0.05) is 25.6 Å². The van der Waals surface area contributed by atoms with Crippen molar-refractivity contribution in [3.63, 3.8) is 0 Å². The number of halogens is 1. The summed E-state index contributed by atoms with van der Waals surface area (Å²) in [5.74, 6) is 0.596. The molecule has 1 amide bonds. The Kier molecular flexibility index (Phi) is 6.89. The molecule has 2 aromatic rings. The highest BCUT2D eigenvalue weighted by molar-refractivity contribution is 7.99. The molecule has 0 aliphatic heterocycles. The molecule has 0 spiro atoms. The standard InChI is InChI=1S/C16H25ClN6OS/c1-9(2)20-13-12-8-19-23(7-6-18-15(24)11(5)17)14(12)22-16(21-13)25-10(3)4/h8-11H,6-7H2,1-5H3,(H,18,24)(H,20,21,22). The fraction of sp³-hybridized carbons (Fsp3) is 0.625. The summed E-state index contributed by atoms with van der Waals surface area (Å²) in [6.45, 7) is 10.9. The highest BCUT2D eigenvalue weighted by Crippen LogP contribution is 2.26. The maximum atomic E-state index is 11.6. The molecule has 2 aromatic heterocycles. The van der Waals surface area contributed by atoms with Crippen LogP contribution in [-0.4, -0.2) is 48.9 Å². The summed E-state index contributed by atoms with van der Waals surface area (Å²) in [4.78, 5) is 20.9. The number of rotatable bonds is 8. The molecule has 2 heterocycles. The Morgan fingerprint density at radius 2 is 2.00 bits per heavy atom. The molecular weight excluding hydrogens is 360 g/mol. The summed E-state index contributed by atoms with van der Waals surface area (Å²) >= 11 is 7.36. The first-order chi connectivity index (χ1) is 11.8. The maximum absolute atomic E-state index is 11.6. The molecule has 0 saturated heterocycles. The van der Waals surface area contributed by atoms with Gasteiger partial charge in [0.05, 0.1) is 18.1 Å². The van der Waals surface area contributed by atoms with Gasteiger partial charge in [-0.2, -0.15) is 5.10 Å². The van der Waals surface area contributed by atoms with E-state index in [1.165, 1.54) is 0 Å². The average Bonchev–Trinajstić information content (AvgIpc) is 2.89. The molecule has 9 heteroatoms. The van der Waals surface area contributed by atoms with E-state index in [2.05, 4.69) is 53.4 Å². The highest BCUT2D eigenvalue weighted by Gasteiger charge is 2.15. The third kappa shape index (κ3) is 5.47. The van der Waals surface area contributed by atoms with Crippen LogP contribution in [0.3, 0.4) is 0 Å². The largest absolute Gasteiger partial charge is 0.367 e. The molecule has 2 rings (SSSR count). The maximum Gasteiger partial charge on any atom is 0.237 e. The van der Waals surface area contributed by atoms with E-state index in [9.17, 15) is 4.79 Å². The molecule has 0 radical (unpaired) electrons. The molecule has 0 aliphatic carbocycles. The van der Waals surface area contributed by atoms with Crippen LogP contribution in [0, 0.1) is 0 Å². The van der Waals surface area contributed by atoms with E-state index in [0.29, 0.717) is 23.5 Å². The zero-order chi connectivity index (χ0) is 18.6. The number of hydrogen-bond donors (Lipinski definition) is 2. The Bertz CT molecular complexity index is 731. The van der Waals surface area contributed by atoms with Crippen molar-refractivity contribution in [2.45, 2.75) is 63.0 Å². The first kappa shape index (κ1) is 19.8. The monoisotopic (exact) mass is 384 g/mol. The van der Waals surface area contributed by atoms with Crippen LogP contribution in [0.5, 0.6) is 0 Å². The number of amides is 1. The number of anilines is 1. The molecule has 0 aliphatic rings. The minimum Gasteiger partial charge on any atom is -0.367 e. The van der Waals surface area contributed by atoms with Gasteiger partial charge in [0.1, 0.15) is 11.2 Å². The van der Waals surface area contributed by atoms with E-state index < -0.39 is 5.38 Å². The van der Waals surface area contributed by atoms with Crippen LogP contribution < -0.4 is 10.6 Å². The molecule has 0 saturated carbocycles. The fourth-order valence-electron chi connectivity index (χ4n) is 2.17. The lowest BCUT2D eigenvalue weighted by molar-refractivity contribution is -0.120. The Labute approximate surface area is 157 Å². The second kappa shape index (κ2) is 8.71. The molecule has 0 fully saturated rings. The Morgan fingerprint density at radius 1 is 1.28 bits per heavy atom. The van der Waals surface area contributed by atoms with E-state index in [4.69, 9.17) is 11.6 Å². The number of alkyl halides is 1. The molecule has 0 bridgehead atoms. The van der Waals surface area contributed by atoms with Crippen molar-refractivity contribution in [1.29, 1.82) is 0 Å². The van der Waals surface area contributed by atoms with Crippen molar-refractivity contribution in [2.24, 2.45) is 0 Å². The minimum absolute atomic E-state index is 0.189. The van der Waals surface area contributed by atoms with E-state index in [1.807, 2.05) is 0 Å². The predicted molar refractivity (Wildman–Crippen MR) is 103 cm³/mol. The molecule has 138 valence electrons. The van der Waals surface area contributed by atoms with Gasteiger partial charge in [0.15, 0.2) is 10.8 Å². The summed E-state index contributed by atoms with van der Waals surface area (Å²) in [6.07, 6.45) is 1.76. The van der Waals surface area contributed by atoms with Gasteiger partial charge in [-0.15, -0.1) is 11.6 Å². The Balaban J connectivity index is 2.27. The zero-order valence-corrected chi connectivity index (χ0v) is 16.8. The highest BCUT2D eigenvalue weighted by atomic mass is 35.5. The van der Waals surface area contributed by atoms with Gasteiger partial charge in [0.25, 0.3) is 0 Å². The normalized spacial score (nSPS) is 12.8. The summed E-state index contributed by atoms with van der Waals surface area (Å²) in [5.41, 5.74) is 0.759. The summed E-state index contributed by atoms with van der Waals surface area (Å²) in [5, 5.41) is 12.0. The quantitative estimate of drug-likeness (QED) is 0.413. The van der Waals surface area contributed by atoms with Gasteiger partial charge in [0, 0.05) is 17.8 Å². The molecule has 1 unspecified atom stereocenters. The number of nitrogens with zero attached hydrogens (tertiary/aromatic N) is 4. The van der Waals surface area contributed by atoms with Crippen LogP contribution in [0.4, 0.5) is 5.82 Å². The van der Waals surface area contributed by atoms with Crippen molar-refractivity contribution in [3.05, 3.63) is 6.20 Å². The number of carbonyl (C=O) groups is 1. The van der Waals surface area contributed by atoms with Crippen LogP contribution in [0.25, 0.3) is 11.0 Å². The lowest BCUT2D eigenvalue weighted by atomic mass is 10.3. The van der Waals surface area contributed by atoms with Gasteiger partial charge in [0.2, 0.25) is 5.91 Å². The van der Waals surface area contributed by atoms with Gasteiger partial charge in [-0.05, 0) is 20.8 Å². The second-order valence-corrected chi connectivity index (χ2v) is 8.53. The summed E-state index contributed by atoms with van der Waals surface area (Å²) in [6, 6.07) is 0.253. The average molecular weight is 385 g/mol. The van der Waals surface area contributed by atoms with Gasteiger partial charge in [-0.25, -0.2) is 14.6 Å². The number of thioether (sulfide) groups is 1. The van der Waals surface area contributed by atoms with Gasteiger partial charge < -0.3 is 10.6 Å². The lowest BCUT2D eigenvalue weighted by Gasteiger charge is -2.12. The second-order valence-electron chi connectivity index (χ2n) is 6.33. The van der Waals surface area contributed by atoms with Crippen LogP contribution in [-0.2, 0) is 11.3 Å². The number of nitrogens with one attached hydrogen (secondary N) is 2. The molecular formula is C16H25ClN6OS. The summed E-state index contributed by atoms with van der Waals surface area (Å²) in [7, 11) is 0. The fourth-order valence-corrected chi connectivity index (χ4v) is 2.95. The van der Waals surface area contributed by atoms with Gasteiger partial charge in [-0.3, -0.25) is 4.79 Å². The molecule has 0 aromatic carbocycles. The lowest BCUT2D eigenvalue weighted by Crippen LogP contribution is -2.32. The zero-order valence-electron chi connectivity index (χ0n) is 15.2. The van der Waals surface area contributed by atoms with E-state index >= 15 is 0 Å². The summed E-state index contributed by atoms with van der Waals surface area (Å²) < 4.78 is 1.78. The SMILES string of the molecule is CC(C)Nc1nc(SC(C)C)nc2c1cnn2CCNC(=O)C(C)Cl. The molecule has 7 nitrogen and oxygen atoms in total. The van der Waals surface area contributed by atoms with Crippen molar-refractivity contribution in [1.82, 2.24) is 25.1 Å². The number of fused-ring (bicyclic) bond motifs is 1. The third-order valence-corrected chi connectivity index (χ3v) is 4.29. The number of hydrogen-bond acceptors (Lipinski definition) is 6. The van der Waals surface area contributed by atoms with Crippen LogP contribution in [0.2, 0.25) is 0 Å². The van der Waals surface area contributed by atoms with Crippen molar-refractivity contribution >= 4 is 46.1 Å².